The lowest BCUT2D eigenvalue weighted by atomic mass is 10.1. The van der Waals surface area contributed by atoms with Gasteiger partial charge < -0.3 is 10.6 Å². The van der Waals surface area contributed by atoms with Crippen molar-refractivity contribution in [1.82, 2.24) is 15.1 Å². The van der Waals surface area contributed by atoms with Gasteiger partial charge in [0.2, 0.25) is 0 Å². The first kappa shape index (κ1) is 11.6. The number of aromatic amines is 1. The number of nitrogens with one attached hydrogen (secondary N) is 1. The van der Waals surface area contributed by atoms with Crippen LogP contribution in [0.2, 0.25) is 0 Å². The lowest BCUT2D eigenvalue weighted by Gasteiger charge is -2.20. The van der Waals surface area contributed by atoms with Gasteiger partial charge >= 0.3 is 0 Å². The summed E-state index contributed by atoms with van der Waals surface area (Å²) in [4.78, 5) is 13.5. The number of amides is 1. The van der Waals surface area contributed by atoms with Crippen molar-refractivity contribution in [2.24, 2.45) is 5.92 Å². The van der Waals surface area contributed by atoms with E-state index in [1.165, 1.54) is 6.20 Å². The number of anilines is 1. The molecule has 1 aromatic rings. The summed E-state index contributed by atoms with van der Waals surface area (Å²) in [6, 6.07) is 0. The van der Waals surface area contributed by atoms with Gasteiger partial charge in [-0.3, -0.25) is 9.89 Å². The first-order valence-corrected chi connectivity index (χ1v) is 5.10. The summed E-state index contributed by atoms with van der Waals surface area (Å²) < 4.78 is 0. The highest BCUT2D eigenvalue weighted by atomic mass is 16.2. The summed E-state index contributed by atoms with van der Waals surface area (Å²) in [6.07, 6.45) is 2.50. The number of hydrogen-bond acceptors (Lipinski definition) is 3. The molecule has 0 fully saturated rings. The third-order valence-electron chi connectivity index (χ3n) is 2.51. The van der Waals surface area contributed by atoms with Crippen LogP contribution in [0.4, 0.5) is 5.69 Å². The van der Waals surface area contributed by atoms with E-state index in [0.29, 0.717) is 17.3 Å². The van der Waals surface area contributed by atoms with Gasteiger partial charge in [-0.2, -0.15) is 5.10 Å². The second-order valence-electron chi connectivity index (χ2n) is 3.90. The molecule has 0 radical (unpaired) electrons. The Hall–Kier alpha value is -1.52. The number of rotatable bonds is 4. The summed E-state index contributed by atoms with van der Waals surface area (Å²) in [5.74, 6) is 0.383. The zero-order valence-electron chi connectivity index (χ0n) is 9.45. The fourth-order valence-electron chi connectivity index (χ4n) is 1.34. The van der Waals surface area contributed by atoms with Gasteiger partial charge in [-0.05, 0) is 5.92 Å². The second kappa shape index (κ2) is 4.82. The molecule has 3 N–H and O–H groups in total. The van der Waals surface area contributed by atoms with Crippen molar-refractivity contribution in [2.45, 2.75) is 20.3 Å². The smallest absolute Gasteiger partial charge is 0.273 e. The monoisotopic (exact) mass is 210 g/mol. The summed E-state index contributed by atoms with van der Waals surface area (Å²) in [5, 5.41) is 6.34. The molecule has 1 rings (SSSR count). The van der Waals surface area contributed by atoms with Crippen LogP contribution in [0.5, 0.6) is 0 Å². The standard InChI is InChI=1S/C10H18N4O/c1-4-7(2)6-14(3)10(15)9-8(11)5-12-13-9/h5,7H,4,6,11H2,1-3H3,(H,12,13). The van der Waals surface area contributed by atoms with Crippen molar-refractivity contribution >= 4 is 11.6 Å². The van der Waals surface area contributed by atoms with Crippen LogP contribution < -0.4 is 5.73 Å². The first-order chi connectivity index (χ1) is 7.06. The molecule has 0 spiro atoms. The maximum Gasteiger partial charge on any atom is 0.273 e. The van der Waals surface area contributed by atoms with Gasteiger partial charge in [0.25, 0.3) is 5.91 Å². The molecular weight excluding hydrogens is 192 g/mol. The highest BCUT2D eigenvalue weighted by Crippen LogP contribution is 2.11. The minimum absolute atomic E-state index is 0.106. The minimum atomic E-state index is -0.106. The molecule has 15 heavy (non-hydrogen) atoms. The highest BCUT2D eigenvalue weighted by molar-refractivity contribution is 5.96. The van der Waals surface area contributed by atoms with E-state index >= 15 is 0 Å². The predicted molar refractivity (Wildman–Crippen MR) is 59.4 cm³/mol. The Labute approximate surface area is 89.6 Å². The fourth-order valence-corrected chi connectivity index (χ4v) is 1.34. The lowest BCUT2D eigenvalue weighted by molar-refractivity contribution is 0.0770. The van der Waals surface area contributed by atoms with Crippen LogP contribution in [0.1, 0.15) is 30.8 Å². The van der Waals surface area contributed by atoms with Crippen molar-refractivity contribution < 1.29 is 4.79 Å². The number of nitrogen functional groups attached to an aromatic ring is 1. The molecular formula is C10H18N4O. The quantitative estimate of drug-likeness (QED) is 0.781. The third kappa shape index (κ3) is 2.71. The van der Waals surface area contributed by atoms with E-state index in [1.807, 2.05) is 0 Å². The molecule has 0 aliphatic heterocycles. The molecule has 0 bridgehead atoms. The number of carbonyl (C=O) groups is 1. The average Bonchev–Trinajstić information content (AvgIpc) is 2.63. The molecule has 5 nitrogen and oxygen atoms in total. The largest absolute Gasteiger partial charge is 0.396 e. The Morgan fingerprint density at radius 1 is 1.73 bits per heavy atom. The lowest BCUT2D eigenvalue weighted by Crippen LogP contribution is -2.31. The maximum atomic E-state index is 11.9. The van der Waals surface area contributed by atoms with E-state index in [9.17, 15) is 4.79 Å². The topological polar surface area (TPSA) is 75.0 Å². The van der Waals surface area contributed by atoms with Gasteiger partial charge in [0.15, 0.2) is 0 Å². The van der Waals surface area contributed by atoms with E-state index in [2.05, 4.69) is 24.0 Å². The molecule has 0 aliphatic rings. The van der Waals surface area contributed by atoms with Crippen LogP contribution in [0.25, 0.3) is 0 Å². The predicted octanol–water partition coefficient (Wildman–Crippen LogP) is 1.11. The SMILES string of the molecule is CCC(C)CN(C)C(=O)c1[nH]ncc1N. The van der Waals surface area contributed by atoms with Crippen LogP contribution in [0, 0.1) is 5.92 Å². The van der Waals surface area contributed by atoms with Gasteiger partial charge in [-0.1, -0.05) is 20.3 Å². The minimum Gasteiger partial charge on any atom is -0.396 e. The maximum absolute atomic E-state index is 11.9. The van der Waals surface area contributed by atoms with Crippen LogP contribution >= 0.6 is 0 Å². The summed E-state index contributed by atoms with van der Waals surface area (Å²) in [7, 11) is 1.77. The van der Waals surface area contributed by atoms with Crippen LogP contribution in [0.3, 0.4) is 0 Å². The molecule has 0 aromatic carbocycles. The number of hydrogen-bond donors (Lipinski definition) is 2. The van der Waals surface area contributed by atoms with E-state index in [0.717, 1.165) is 13.0 Å². The second-order valence-corrected chi connectivity index (χ2v) is 3.90. The summed E-state index contributed by atoms with van der Waals surface area (Å²) in [6.45, 7) is 4.95. The number of carbonyl (C=O) groups excluding carboxylic acids is 1. The fraction of sp³-hybridized carbons (Fsp3) is 0.600. The van der Waals surface area contributed by atoms with Gasteiger partial charge in [0.05, 0.1) is 11.9 Å². The Morgan fingerprint density at radius 3 is 2.87 bits per heavy atom. The normalized spacial score (nSPS) is 12.5. The van der Waals surface area contributed by atoms with Crippen LogP contribution in [0.15, 0.2) is 6.20 Å². The van der Waals surface area contributed by atoms with E-state index in [4.69, 9.17) is 5.73 Å². The molecule has 1 aromatic heterocycles. The zero-order chi connectivity index (χ0) is 11.4. The van der Waals surface area contributed by atoms with Crippen LogP contribution in [-0.2, 0) is 0 Å². The number of nitrogens with two attached hydrogens (primary N) is 1. The van der Waals surface area contributed by atoms with Crippen molar-refractivity contribution in [3.05, 3.63) is 11.9 Å². The van der Waals surface area contributed by atoms with Gasteiger partial charge in [0.1, 0.15) is 5.69 Å². The van der Waals surface area contributed by atoms with Gasteiger partial charge in [-0.15, -0.1) is 0 Å². The number of aromatic nitrogens is 2. The molecule has 0 saturated heterocycles. The Bertz CT molecular complexity index is 334. The Kier molecular flexibility index (Phi) is 3.71. The molecule has 84 valence electrons. The first-order valence-electron chi connectivity index (χ1n) is 5.10. The highest BCUT2D eigenvalue weighted by Gasteiger charge is 2.17. The molecule has 1 amide bonds. The average molecular weight is 210 g/mol. The molecule has 1 unspecified atom stereocenters. The van der Waals surface area contributed by atoms with E-state index in [-0.39, 0.29) is 5.91 Å². The Balaban J connectivity index is 2.65. The third-order valence-corrected chi connectivity index (χ3v) is 2.51. The van der Waals surface area contributed by atoms with Crippen molar-refractivity contribution in [3.63, 3.8) is 0 Å². The Morgan fingerprint density at radius 2 is 2.40 bits per heavy atom. The summed E-state index contributed by atoms with van der Waals surface area (Å²) in [5.41, 5.74) is 6.38. The van der Waals surface area contributed by atoms with Crippen molar-refractivity contribution in [2.75, 3.05) is 19.3 Å². The van der Waals surface area contributed by atoms with Gasteiger partial charge in [0, 0.05) is 13.6 Å². The molecule has 0 aliphatic carbocycles. The number of nitrogens with zero attached hydrogens (tertiary/aromatic N) is 2. The molecule has 1 atom stereocenters. The number of H-pyrrole nitrogens is 1. The molecule has 5 heteroatoms. The van der Waals surface area contributed by atoms with Crippen LogP contribution in [-0.4, -0.2) is 34.6 Å². The van der Waals surface area contributed by atoms with E-state index in [1.54, 1.807) is 11.9 Å². The molecule has 1 heterocycles. The molecule has 0 saturated carbocycles. The zero-order valence-corrected chi connectivity index (χ0v) is 9.45. The van der Waals surface area contributed by atoms with Gasteiger partial charge in [-0.25, -0.2) is 0 Å². The van der Waals surface area contributed by atoms with Crippen molar-refractivity contribution in [1.29, 1.82) is 0 Å². The summed E-state index contributed by atoms with van der Waals surface area (Å²) >= 11 is 0. The van der Waals surface area contributed by atoms with E-state index < -0.39 is 0 Å². The van der Waals surface area contributed by atoms with Crippen molar-refractivity contribution in [3.8, 4) is 0 Å².